The van der Waals surface area contributed by atoms with Gasteiger partial charge in [0.1, 0.15) is 5.75 Å². The molecule has 0 spiro atoms. The summed E-state index contributed by atoms with van der Waals surface area (Å²) in [6.45, 7) is 2.12. The predicted octanol–water partition coefficient (Wildman–Crippen LogP) is 6.63. The van der Waals surface area contributed by atoms with Crippen LogP contribution < -0.4 is 0 Å². The van der Waals surface area contributed by atoms with Crippen LogP contribution in [0.4, 0.5) is 0 Å². The number of hydrogen-bond acceptors (Lipinski definition) is 3. The molecule has 0 aliphatic carbocycles. The molecule has 0 heterocycles. The molecule has 0 amide bonds. The van der Waals surface area contributed by atoms with Crippen molar-refractivity contribution in [2.75, 3.05) is 0 Å². The Morgan fingerprint density at radius 1 is 0.758 bits per heavy atom. The van der Waals surface area contributed by atoms with Gasteiger partial charge in [-0.2, -0.15) is 8.42 Å². The van der Waals surface area contributed by atoms with E-state index in [-0.39, 0.29) is 22.5 Å². The van der Waals surface area contributed by atoms with E-state index in [1.807, 2.05) is 66.7 Å². The van der Waals surface area contributed by atoms with Crippen LogP contribution in [0.15, 0.2) is 108 Å². The number of phenolic OH excluding ortho intramolecular Hbond substituents is 1. The van der Waals surface area contributed by atoms with Gasteiger partial charge in [0.05, 0.1) is 4.90 Å². The highest BCUT2D eigenvalue weighted by Crippen LogP contribution is 2.44. The number of rotatable bonds is 7. The second-order valence-electron chi connectivity index (χ2n) is 8.26. The van der Waals surface area contributed by atoms with Gasteiger partial charge in [0, 0.05) is 17.0 Å². The SMILES string of the molecule is CC(CC(c1ccccc1)c1cc(S(=O)(=O)O)cc(-c2ccccc2)c1O)c1ccccc1. The van der Waals surface area contributed by atoms with Crippen LogP contribution in [0.1, 0.15) is 41.9 Å². The lowest BCUT2D eigenvalue weighted by atomic mass is 9.80. The molecule has 0 bridgehead atoms. The zero-order chi connectivity index (χ0) is 23.4. The van der Waals surface area contributed by atoms with E-state index < -0.39 is 10.1 Å². The fraction of sp³-hybridized carbons (Fsp3) is 0.143. The molecule has 2 N–H and O–H groups in total. The summed E-state index contributed by atoms with van der Waals surface area (Å²) in [5.41, 5.74) is 3.63. The molecule has 0 fully saturated rings. The molecular weight excluding hydrogens is 432 g/mol. The minimum Gasteiger partial charge on any atom is -0.507 e. The van der Waals surface area contributed by atoms with Gasteiger partial charge in [-0.25, -0.2) is 0 Å². The third kappa shape index (κ3) is 5.16. The van der Waals surface area contributed by atoms with Crippen molar-refractivity contribution in [2.45, 2.75) is 30.1 Å². The molecule has 0 aromatic heterocycles. The first-order valence-electron chi connectivity index (χ1n) is 10.8. The Labute approximate surface area is 194 Å². The topological polar surface area (TPSA) is 74.6 Å². The molecule has 168 valence electrons. The van der Waals surface area contributed by atoms with Crippen molar-refractivity contribution in [1.29, 1.82) is 0 Å². The molecule has 4 rings (SSSR count). The van der Waals surface area contributed by atoms with Crippen molar-refractivity contribution >= 4 is 10.1 Å². The van der Waals surface area contributed by atoms with Gasteiger partial charge in [0.2, 0.25) is 0 Å². The lowest BCUT2D eigenvalue weighted by Gasteiger charge is -2.25. The molecule has 5 heteroatoms. The lowest BCUT2D eigenvalue weighted by molar-refractivity contribution is 0.460. The van der Waals surface area contributed by atoms with Crippen LogP contribution in [-0.2, 0) is 10.1 Å². The molecule has 0 saturated carbocycles. The number of aromatic hydroxyl groups is 1. The first kappa shape index (κ1) is 22.8. The molecule has 0 aliphatic heterocycles. The van der Waals surface area contributed by atoms with E-state index in [1.165, 1.54) is 12.1 Å². The third-order valence-corrected chi connectivity index (χ3v) is 6.86. The largest absolute Gasteiger partial charge is 0.507 e. The Morgan fingerprint density at radius 2 is 1.27 bits per heavy atom. The van der Waals surface area contributed by atoms with Crippen LogP contribution in [0.5, 0.6) is 5.75 Å². The predicted molar refractivity (Wildman–Crippen MR) is 131 cm³/mol. The molecule has 33 heavy (non-hydrogen) atoms. The molecule has 0 radical (unpaired) electrons. The van der Waals surface area contributed by atoms with E-state index in [2.05, 4.69) is 19.1 Å². The highest BCUT2D eigenvalue weighted by Gasteiger charge is 2.26. The summed E-state index contributed by atoms with van der Waals surface area (Å²) in [5, 5.41) is 11.4. The Morgan fingerprint density at radius 3 is 1.82 bits per heavy atom. The summed E-state index contributed by atoms with van der Waals surface area (Å²) in [6, 6.07) is 31.6. The van der Waals surface area contributed by atoms with Gasteiger partial charge in [-0.15, -0.1) is 0 Å². The Kier molecular flexibility index (Phi) is 6.63. The standard InChI is InChI=1S/C28H26O4S/c1-20(21-11-5-2-6-12-21)17-25(22-13-7-3-8-14-22)27-19-24(33(30,31)32)18-26(28(27)29)23-15-9-4-10-16-23/h2-16,18-20,25,29H,17H2,1H3,(H,30,31,32). The van der Waals surface area contributed by atoms with Crippen LogP contribution in [0.2, 0.25) is 0 Å². The first-order valence-corrected chi connectivity index (χ1v) is 12.3. The summed E-state index contributed by atoms with van der Waals surface area (Å²) in [5.74, 6) is -0.126. The number of benzene rings is 4. The van der Waals surface area contributed by atoms with Gasteiger partial charge in [-0.05, 0) is 41.2 Å². The average molecular weight is 459 g/mol. The summed E-state index contributed by atoms with van der Waals surface area (Å²) in [4.78, 5) is -0.234. The van der Waals surface area contributed by atoms with Gasteiger partial charge in [-0.3, -0.25) is 4.55 Å². The minimum absolute atomic E-state index is 0.0164. The summed E-state index contributed by atoms with van der Waals surface area (Å²) in [7, 11) is -4.48. The quantitative estimate of drug-likeness (QED) is 0.305. The molecule has 4 aromatic carbocycles. The molecule has 4 nitrogen and oxygen atoms in total. The van der Waals surface area contributed by atoms with Crippen molar-refractivity contribution in [3.63, 3.8) is 0 Å². The van der Waals surface area contributed by atoms with Gasteiger partial charge in [0.15, 0.2) is 0 Å². The second-order valence-corrected chi connectivity index (χ2v) is 9.68. The Bertz CT molecular complexity index is 1320. The Hall–Kier alpha value is -3.41. The molecular formula is C28H26O4S. The smallest absolute Gasteiger partial charge is 0.294 e. The third-order valence-electron chi connectivity index (χ3n) is 6.03. The lowest BCUT2D eigenvalue weighted by Crippen LogP contribution is -2.09. The molecule has 0 saturated heterocycles. The fourth-order valence-corrected chi connectivity index (χ4v) is 4.82. The molecule has 4 aromatic rings. The first-order chi connectivity index (χ1) is 15.8. The average Bonchev–Trinajstić information content (AvgIpc) is 2.83. The van der Waals surface area contributed by atoms with Gasteiger partial charge in [0.25, 0.3) is 10.1 Å². The summed E-state index contributed by atoms with van der Waals surface area (Å²) < 4.78 is 34.2. The van der Waals surface area contributed by atoms with Gasteiger partial charge in [-0.1, -0.05) is 97.9 Å². The number of phenols is 1. The van der Waals surface area contributed by atoms with E-state index in [9.17, 15) is 18.1 Å². The van der Waals surface area contributed by atoms with E-state index in [0.29, 0.717) is 23.1 Å². The summed E-state index contributed by atoms with van der Waals surface area (Å²) >= 11 is 0. The minimum atomic E-state index is -4.48. The maximum absolute atomic E-state index is 12.2. The van der Waals surface area contributed by atoms with Crippen molar-refractivity contribution in [2.24, 2.45) is 0 Å². The fourth-order valence-electron chi connectivity index (χ4n) is 4.28. The van der Waals surface area contributed by atoms with E-state index >= 15 is 0 Å². The van der Waals surface area contributed by atoms with Gasteiger partial charge < -0.3 is 5.11 Å². The van der Waals surface area contributed by atoms with E-state index in [0.717, 1.165) is 11.1 Å². The van der Waals surface area contributed by atoms with E-state index in [4.69, 9.17) is 0 Å². The maximum atomic E-state index is 12.2. The van der Waals surface area contributed by atoms with Crippen LogP contribution in [0.3, 0.4) is 0 Å². The van der Waals surface area contributed by atoms with Crippen LogP contribution >= 0.6 is 0 Å². The summed E-state index contributed by atoms with van der Waals surface area (Å²) in [6.07, 6.45) is 0.644. The van der Waals surface area contributed by atoms with Crippen molar-refractivity contribution in [1.82, 2.24) is 0 Å². The van der Waals surface area contributed by atoms with Crippen molar-refractivity contribution in [3.05, 3.63) is 120 Å². The monoisotopic (exact) mass is 458 g/mol. The van der Waals surface area contributed by atoms with Crippen LogP contribution in [0.25, 0.3) is 11.1 Å². The Balaban J connectivity index is 1.91. The number of hydrogen-bond donors (Lipinski definition) is 2. The zero-order valence-corrected chi connectivity index (χ0v) is 19.1. The molecule has 0 aliphatic rings. The van der Waals surface area contributed by atoms with E-state index in [1.54, 1.807) is 12.1 Å². The normalized spacial score (nSPS) is 13.4. The van der Waals surface area contributed by atoms with Crippen LogP contribution in [0, 0.1) is 0 Å². The zero-order valence-electron chi connectivity index (χ0n) is 18.3. The second kappa shape index (κ2) is 9.61. The maximum Gasteiger partial charge on any atom is 0.294 e. The highest BCUT2D eigenvalue weighted by atomic mass is 32.2. The van der Waals surface area contributed by atoms with Crippen LogP contribution in [-0.4, -0.2) is 18.1 Å². The highest BCUT2D eigenvalue weighted by molar-refractivity contribution is 7.85. The van der Waals surface area contributed by atoms with Crippen molar-refractivity contribution < 1.29 is 18.1 Å². The van der Waals surface area contributed by atoms with Gasteiger partial charge >= 0.3 is 0 Å². The molecule has 2 unspecified atom stereocenters. The van der Waals surface area contributed by atoms with Crippen molar-refractivity contribution in [3.8, 4) is 16.9 Å². The molecule has 2 atom stereocenters.